The molecule has 51 heavy (non-hydrogen) atoms. The highest BCUT2D eigenvalue weighted by Gasteiger charge is 2.58. The van der Waals surface area contributed by atoms with Crippen molar-refractivity contribution in [2.45, 2.75) is 137 Å². The summed E-state index contributed by atoms with van der Waals surface area (Å²) in [6, 6.07) is -3.16. The Hall–Kier alpha value is -2.27. The van der Waals surface area contributed by atoms with Crippen LogP contribution in [0.4, 0.5) is 0 Å². The zero-order valence-corrected chi connectivity index (χ0v) is 27.1. The third-order valence-corrected chi connectivity index (χ3v) is 9.20. The van der Waals surface area contributed by atoms with Gasteiger partial charge < -0.3 is 99.6 Å². The summed E-state index contributed by atoms with van der Waals surface area (Å²) >= 11 is 0. The van der Waals surface area contributed by atoms with Crippen molar-refractivity contribution < 1.29 is 103 Å². The van der Waals surface area contributed by atoms with Crippen LogP contribution in [0.2, 0.25) is 0 Å². The van der Waals surface area contributed by atoms with Gasteiger partial charge in [0.15, 0.2) is 31.3 Å². The molecule has 7 fully saturated rings. The Morgan fingerprint density at radius 3 is 1.82 bits per heavy atom. The van der Waals surface area contributed by atoms with E-state index in [0.29, 0.717) is 0 Å². The molecule has 0 aliphatic carbocycles. The first kappa shape index (κ1) is 39.9. The molecule has 0 aromatic heterocycles. The molecule has 0 radical (unpaired) electrons. The Morgan fingerprint density at radius 1 is 0.627 bits per heavy atom. The summed E-state index contributed by atoms with van der Waals surface area (Å²) in [5, 5.41) is 111. The van der Waals surface area contributed by atoms with Gasteiger partial charge in [0.25, 0.3) is 0 Å². The summed E-state index contributed by atoms with van der Waals surface area (Å²) in [4.78, 5) is 36.9. The van der Waals surface area contributed by atoms with E-state index in [1.165, 1.54) is 0 Å². The fraction of sp³-hybridized carbons (Fsp3) is 0.893. The van der Waals surface area contributed by atoms with E-state index >= 15 is 0 Å². The third kappa shape index (κ3) is 8.14. The number of ether oxygens (including phenoxy) is 8. The van der Waals surface area contributed by atoms with Gasteiger partial charge in [0.05, 0.1) is 19.8 Å². The Kier molecular flexibility index (Phi) is 12.8. The van der Waals surface area contributed by atoms with E-state index < -0.39 is 160 Å². The Morgan fingerprint density at radius 2 is 1.24 bits per heavy atom. The molecule has 0 spiro atoms. The molecule has 23 heteroatoms. The maximum atomic E-state index is 12.4. The molecule has 7 aliphatic heterocycles. The van der Waals surface area contributed by atoms with E-state index in [9.17, 15) is 65.4 Å². The summed E-state index contributed by atoms with van der Waals surface area (Å²) < 4.78 is 46.0. The minimum atomic E-state index is -2.14. The second-order valence-corrected chi connectivity index (χ2v) is 12.8. The summed E-state index contributed by atoms with van der Waals surface area (Å²) in [6.45, 7) is -0.282. The predicted octanol–water partition coefficient (Wildman–Crippen LogP) is -8.32. The SMILES string of the molecule is CC(=O)N[C@H]1[C@H]2O[C@H]3[C@H](O)[C@@H](O)[C@H](O[C@H]4[C@H](O)[C@@H](NC(C)=O)[C@H](OC[C@@H](O2)[C@@H](O[C@@H]2O[C@H](CO)[C@@H](O)[C@H](O)[C@H]2O)[C@@H]1O)O[C@@H]4CO)O[C@@H]3C(=O)O. The van der Waals surface area contributed by atoms with Crippen LogP contribution in [-0.4, -0.2) is 211 Å². The van der Waals surface area contributed by atoms with E-state index in [-0.39, 0.29) is 0 Å². The second-order valence-electron chi connectivity index (χ2n) is 12.8. The molecule has 7 aliphatic rings. The lowest BCUT2D eigenvalue weighted by Gasteiger charge is -2.49. The van der Waals surface area contributed by atoms with Crippen molar-refractivity contribution in [1.82, 2.24) is 10.6 Å². The van der Waals surface area contributed by atoms with Gasteiger partial charge in [0, 0.05) is 13.8 Å². The maximum Gasteiger partial charge on any atom is 0.335 e. The van der Waals surface area contributed by atoms with Crippen LogP contribution in [0.25, 0.3) is 0 Å². The third-order valence-electron chi connectivity index (χ3n) is 9.20. The highest BCUT2D eigenvalue weighted by molar-refractivity contribution is 5.74. The van der Waals surface area contributed by atoms with Crippen LogP contribution in [0.3, 0.4) is 0 Å². The molecule has 7 heterocycles. The van der Waals surface area contributed by atoms with Crippen molar-refractivity contribution in [3.05, 3.63) is 0 Å². The smallest absolute Gasteiger partial charge is 0.335 e. The van der Waals surface area contributed by atoms with Gasteiger partial charge in [-0.2, -0.15) is 0 Å². The molecule has 2 amide bonds. The molecule has 0 saturated carbocycles. The number of carbonyl (C=O) groups is 3. The number of hydrogen-bond donors (Lipinski definition) is 12. The molecule has 12 N–H and O–H groups in total. The van der Waals surface area contributed by atoms with Crippen molar-refractivity contribution in [2.75, 3.05) is 19.8 Å². The number of aliphatic carboxylic acids is 1. The summed E-state index contributed by atoms with van der Waals surface area (Å²) in [5.74, 6) is -3.22. The van der Waals surface area contributed by atoms with Crippen molar-refractivity contribution in [3.8, 4) is 0 Å². The lowest BCUT2D eigenvalue weighted by atomic mass is 9.94. The molecule has 7 saturated heterocycles. The number of carbonyl (C=O) groups excluding carboxylic acids is 2. The number of amides is 2. The quantitative estimate of drug-likeness (QED) is 0.115. The van der Waals surface area contributed by atoms with Crippen LogP contribution in [0.1, 0.15) is 13.8 Å². The zero-order valence-electron chi connectivity index (χ0n) is 27.1. The fourth-order valence-electron chi connectivity index (χ4n) is 6.63. The predicted molar refractivity (Wildman–Crippen MR) is 154 cm³/mol. The standard InChI is InChI=1S/C28H44N2O21/c1-6(33)29-11-14(36)20-9(4-32)46-25(11)44-5-10-21(49-27-18(40)16(38)13(35)8(3-31)45-27)15(37)12(30-7(2)34)26(47-10)50-22-17(39)19(41)28(48-20)51-23(22)24(42)43/h8-23,25-28,31-32,35-41H,3-5H2,1-2H3,(H,29,33)(H,30,34)(H,42,43)/t8-,9-,10-,11-,12-,13-,14-,15-,16+,17-,18-,19-,20-,21-,22+,23+,25-,26-,27+,28-/m1/s1. The van der Waals surface area contributed by atoms with Crippen molar-refractivity contribution in [1.29, 1.82) is 0 Å². The molecular weight excluding hydrogens is 700 g/mol. The van der Waals surface area contributed by atoms with Gasteiger partial charge in [-0.25, -0.2) is 4.79 Å². The largest absolute Gasteiger partial charge is 0.479 e. The number of aliphatic hydroxyl groups excluding tert-OH is 9. The first-order valence-electron chi connectivity index (χ1n) is 16.0. The Bertz CT molecular complexity index is 1230. The van der Waals surface area contributed by atoms with Crippen LogP contribution in [0, 0.1) is 0 Å². The van der Waals surface area contributed by atoms with Gasteiger partial charge >= 0.3 is 5.97 Å². The number of aliphatic hydroxyl groups is 9. The number of fused-ring (bicyclic) bond motifs is 2. The first-order chi connectivity index (χ1) is 24.1. The van der Waals surface area contributed by atoms with Crippen molar-refractivity contribution in [2.24, 2.45) is 0 Å². The molecule has 0 unspecified atom stereocenters. The van der Waals surface area contributed by atoms with Crippen LogP contribution in [0.5, 0.6) is 0 Å². The average molecular weight is 745 g/mol. The molecule has 23 nitrogen and oxygen atoms in total. The molecule has 20 atom stereocenters. The van der Waals surface area contributed by atoms with Crippen LogP contribution >= 0.6 is 0 Å². The van der Waals surface area contributed by atoms with E-state index in [0.717, 1.165) is 13.8 Å². The first-order valence-corrected chi connectivity index (χ1v) is 16.0. The van der Waals surface area contributed by atoms with Gasteiger partial charge in [-0.1, -0.05) is 0 Å². The number of rotatable bonds is 7. The fourth-order valence-corrected chi connectivity index (χ4v) is 6.63. The molecule has 0 aromatic carbocycles. The van der Waals surface area contributed by atoms with Gasteiger partial charge in [-0.3, -0.25) is 9.59 Å². The number of hydrogen-bond acceptors (Lipinski definition) is 20. The normalized spacial score (nSPS) is 49.0. The minimum Gasteiger partial charge on any atom is -0.479 e. The van der Waals surface area contributed by atoms with Crippen LogP contribution < -0.4 is 10.6 Å². The van der Waals surface area contributed by atoms with E-state index in [1.807, 2.05) is 0 Å². The van der Waals surface area contributed by atoms with E-state index in [1.54, 1.807) is 0 Å². The van der Waals surface area contributed by atoms with Crippen molar-refractivity contribution in [3.63, 3.8) is 0 Å². The van der Waals surface area contributed by atoms with Gasteiger partial charge in [-0.05, 0) is 0 Å². The molecule has 292 valence electrons. The Balaban J connectivity index is 1.58. The molecular formula is C28H44N2O21. The van der Waals surface area contributed by atoms with Gasteiger partial charge in [0.1, 0.15) is 91.4 Å². The van der Waals surface area contributed by atoms with Crippen molar-refractivity contribution >= 4 is 17.8 Å². The zero-order chi connectivity index (χ0) is 37.5. The lowest BCUT2D eigenvalue weighted by Crippen LogP contribution is -2.69. The molecule has 0 aromatic rings. The van der Waals surface area contributed by atoms with Gasteiger partial charge in [-0.15, -0.1) is 0 Å². The topological polar surface area (TPSA) is 351 Å². The molecule has 6 bridgehead atoms. The monoisotopic (exact) mass is 744 g/mol. The number of carboxylic acids is 1. The number of nitrogens with one attached hydrogen (secondary N) is 2. The minimum absolute atomic E-state index is 0.701. The van der Waals surface area contributed by atoms with E-state index in [2.05, 4.69) is 10.6 Å². The second kappa shape index (κ2) is 16.4. The van der Waals surface area contributed by atoms with Gasteiger partial charge in [0.2, 0.25) is 11.8 Å². The summed E-state index contributed by atoms with van der Waals surface area (Å²) in [5.41, 5.74) is 0. The summed E-state index contributed by atoms with van der Waals surface area (Å²) in [6.07, 6.45) is -33.1. The average Bonchev–Trinajstić information content (AvgIpc) is 3.08. The maximum absolute atomic E-state index is 12.4. The molecule has 7 rings (SSSR count). The lowest BCUT2D eigenvalue weighted by molar-refractivity contribution is -0.366. The number of carboxylic acid groups (broad SMARTS) is 1. The van der Waals surface area contributed by atoms with Crippen LogP contribution in [-0.2, 0) is 52.3 Å². The van der Waals surface area contributed by atoms with E-state index in [4.69, 9.17) is 37.9 Å². The highest BCUT2D eigenvalue weighted by atomic mass is 16.8. The van der Waals surface area contributed by atoms with Crippen LogP contribution in [0.15, 0.2) is 0 Å². The highest BCUT2D eigenvalue weighted by Crippen LogP contribution is 2.36. The Labute approximate surface area is 288 Å². The summed E-state index contributed by atoms with van der Waals surface area (Å²) in [7, 11) is 0.